The summed E-state index contributed by atoms with van der Waals surface area (Å²) in [5, 5.41) is 10.9. The van der Waals surface area contributed by atoms with Gasteiger partial charge in [-0.2, -0.15) is 0 Å². The molecule has 0 spiro atoms. The van der Waals surface area contributed by atoms with Crippen molar-refractivity contribution in [2.24, 2.45) is 0 Å². The minimum Gasteiger partial charge on any atom is -0.503 e. The zero-order valence-electron chi connectivity index (χ0n) is 16.8. The van der Waals surface area contributed by atoms with E-state index in [9.17, 15) is 9.90 Å². The fraction of sp³-hybridized carbons (Fsp3) is 0.160. The molecule has 31 heavy (non-hydrogen) atoms. The van der Waals surface area contributed by atoms with Gasteiger partial charge in [0.1, 0.15) is 0 Å². The van der Waals surface area contributed by atoms with E-state index in [2.05, 4.69) is 15.9 Å². The summed E-state index contributed by atoms with van der Waals surface area (Å²) in [5.41, 5.74) is 4.38. The molecule has 2 aliphatic rings. The van der Waals surface area contributed by atoms with E-state index in [4.69, 9.17) is 9.47 Å². The SMILES string of the molecule is Cc1ccc(C2=C(O)C(=O)N(Cc3ccc4c(c3)OCO4)[C@H]2c2cccc(Br)c2)cc1. The maximum Gasteiger partial charge on any atom is 0.290 e. The van der Waals surface area contributed by atoms with E-state index in [-0.39, 0.29) is 12.6 Å². The molecule has 0 saturated heterocycles. The van der Waals surface area contributed by atoms with E-state index in [1.54, 1.807) is 4.90 Å². The molecule has 0 bridgehead atoms. The van der Waals surface area contributed by atoms with Crippen molar-refractivity contribution in [3.63, 3.8) is 0 Å². The summed E-state index contributed by atoms with van der Waals surface area (Å²) >= 11 is 3.53. The number of amides is 1. The molecule has 5 rings (SSSR count). The number of carbonyl (C=O) groups is 1. The maximum atomic E-state index is 13.2. The number of hydrogen-bond acceptors (Lipinski definition) is 4. The predicted molar refractivity (Wildman–Crippen MR) is 121 cm³/mol. The molecule has 6 heteroatoms. The number of ether oxygens (including phenoxy) is 2. The molecule has 0 aliphatic carbocycles. The molecule has 0 radical (unpaired) electrons. The van der Waals surface area contributed by atoms with Gasteiger partial charge in [-0.15, -0.1) is 0 Å². The Kier molecular flexibility index (Phi) is 4.94. The number of aryl methyl sites for hydroxylation is 1. The molecule has 0 aromatic heterocycles. The molecule has 5 nitrogen and oxygen atoms in total. The Hall–Kier alpha value is -3.25. The van der Waals surface area contributed by atoms with Gasteiger partial charge in [0.25, 0.3) is 5.91 Å². The molecule has 156 valence electrons. The highest BCUT2D eigenvalue weighted by molar-refractivity contribution is 9.10. The van der Waals surface area contributed by atoms with Crippen molar-refractivity contribution < 1.29 is 19.4 Å². The Morgan fingerprint density at radius 1 is 1.03 bits per heavy atom. The Labute approximate surface area is 188 Å². The van der Waals surface area contributed by atoms with Crippen LogP contribution in [0.4, 0.5) is 0 Å². The van der Waals surface area contributed by atoms with Gasteiger partial charge in [0.2, 0.25) is 6.79 Å². The highest BCUT2D eigenvalue weighted by Gasteiger charge is 2.41. The van der Waals surface area contributed by atoms with Crippen molar-refractivity contribution >= 4 is 27.4 Å². The second-order valence-corrected chi connectivity index (χ2v) is 8.62. The lowest BCUT2D eigenvalue weighted by molar-refractivity contribution is -0.130. The molecule has 2 heterocycles. The first-order valence-corrected chi connectivity index (χ1v) is 10.8. The highest BCUT2D eigenvalue weighted by atomic mass is 79.9. The first-order chi connectivity index (χ1) is 15.0. The van der Waals surface area contributed by atoms with Crippen molar-refractivity contribution in [2.75, 3.05) is 6.79 Å². The molecule has 2 aliphatic heterocycles. The van der Waals surface area contributed by atoms with E-state index in [0.29, 0.717) is 23.6 Å². The van der Waals surface area contributed by atoms with Crippen molar-refractivity contribution in [3.05, 3.63) is 99.2 Å². The number of carbonyl (C=O) groups excluding carboxylic acids is 1. The van der Waals surface area contributed by atoms with Gasteiger partial charge in [0, 0.05) is 16.6 Å². The smallest absolute Gasteiger partial charge is 0.290 e. The third-order valence-corrected chi connectivity index (χ3v) is 6.11. The molecule has 0 fully saturated rings. The Balaban J connectivity index is 1.58. The van der Waals surface area contributed by atoms with Crippen LogP contribution < -0.4 is 9.47 Å². The van der Waals surface area contributed by atoms with Crippen LogP contribution in [0, 0.1) is 6.92 Å². The summed E-state index contributed by atoms with van der Waals surface area (Å²) in [4.78, 5) is 14.9. The third kappa shape index (κ3) is 3.57. The lowest BCUT2D eigenvalue weighted by Crippen LogP contribution is -2.29. The van der Waals surface area contributed by atoms with Gasteiger partial charge in [-0.25, -0.2) is 0 Å². The van der Waals surface area contributed by atoms with Gasteiger partial charge >= 0.3 is 0 Å². The number of aliphatic hydroxyl groups is 1. The van der Waals surface area contributed by atoms with Crippen LogP contribution in [0.2, 0.25) is 0 Å². The Morgan fingerprint density at radius 2 is 1.81 bits per heavy atom. The minimum absolute atomic E-state index is 0.196. The van der Waals surface area contributed by atoms with E-state index in [1.165, 1.54) is 0 Å². The monoisotopic (exact) mass is 477 g/mol. The van der Waals surface area contributed by atoms with Gasteiger partial charge < -0.3 is 19.5 Å². The summed E-state index contributed by atoms with van der Waals surface area (Å²) in [7, 11) is 0. The van der Waals surface area contributed by atoms with Crippen LogP contribution in [0.25, 0.3) is 5.57 Å². The zero-order chi connectivity index (χ0) is 21.5. The number of benzene rings is 3. The first kappa shape index (κ1) is 19.7. The molecule has 3 aromatic rings. The van der Waals surface area contributed by atoms with Crippen LogP contribution >= 0.6 is 15.9 Å². The fourth-order valence-electron chi connectivity index (χ4n) is 4.10. The topological polar surface area (TPSA) is 59.0 Å². The number of aliphatic hydroxyl groups excluding tert-OH is 1. The predicted octanol–water partition coefficient (Wildman–Crippen LogP) is 5.54. The Bertz CT molecular complexity index is 1200. The van der Waals surface area contributed by atoms with Crippen molar-refractivity contribution in [1.82, 2.24) is 4.90 Å². The largest absolute Gasteiger partial charge is 0.503 e. The highest BCUT2D eigenvalue weighted by Crippen LogP contribution is 2.44. The van der Waals surface area contributed by atoms with Crippen molar-refractivity contribution in [3.8, 4) is 11.5 Å². The normalized spacial score (nSPS) is 17.5. The zero-order valence-corrected chi connectivity index (χ0v) is 18.4. The number of halogens is 1. The fourth-order valence-corrected chi connectivity index (χ4v) is 4.52. The average Bonchev–Trinajstić information content (AvgIpc) is 3.32. The summed E-state index contributed by atoms with van der Waals surface area (Å²) < 4.78 is 11.8. The second kappa shape index (κ2) is 7.78. The molecular formula is C25H20BrNO4. The van der Waals surface area contributed by atoms with Gasteiger partial charge in [-0.05, 0) is 47.9 Å². The van der Waals surface area contributed by atoms with Crippen LogP contribution in [0.15, 0.2) is 77.0 Å². The molecule has 3 aromatic carbocycles. The lowest BCUT2D eigenvalue weighted by Gasteiger charge is -2.28. The number of rotatable bonds is 4. The van der Waals surface area contributed by atoms with E-state index < -0.39 is 11.9 Å². The third-order valence-electron chi connectivity index (χ3n) is 5.62. The van der Waals surface area contributed by atoms with Gasteiger partial charge in [0.05, 0.1) is 6.04 Å². The van der Waals surface area contributed by atoms with Crippen molar-refractivity contribution in [2.45, 2.75) is 19.5 Å². The number of nitrogens with zero attached hydrogens (tertiary/aromatic N) is 1. The standard InChI is InChI=1S/C25H20BrNO4/c1-15-5-8-17(9-6-15)22-23(18-3-2-4-19(26)12-18)27(25(29)24(22)28)13-16-7-10-20-21(11-16)31-14-30-20/h2-12,23,28H,13-14H2,1H3/t23-/m0/s1. The van der Waals surface area contributed by atoms with Gasteiger partial charge in [-0.1, -0.05) is 64.0 Å². The van der Waals surface area contributed by atoms with Crippen LogP contribution in [0.1, 0.15) is 28.3 Å². The van der Waals surface area contributed by atoms with Crippen LogP contribution in [-0.4, -0.2) is 22.7 Å². The van der Waals surface area contributed by atoms with Crippen LogP contribution in [0.5, 0.6) is 11.5 Å². The van der Waals surface area contributed by atoms with Crippen molar-refractivity contribution in [1.29, 1.82) is 0 Å². The van der Waals surface area contributed by atoms with E-state index in [0.717, 1.165) is 26.7 Å². The van der Waals surface area contributed by atoms with Gasteiger partial charge in [-0.3, -0.25) is 4.79 Å². The minimum atomic E-state index is -0.418. The number of hydrogen-bond donors (Lipinski definition) is 1. The second-order valence-electron chi connectivity index (χ2n) is 7.71. The first-order valence-electron chi connectivity index (χ1n) is 9.96. The molecule has 0 unspecified atom stereocenters. The average molecular weight is 478 g/mol. The molecular weight excluding hydrogens is 458 g/mol. The lowest BCUT2D eigenvalue weighted by atomic mass is 9.93. The summed E-state index contributed by atoms with van der Waals surface area (Å²) in [6, 6.07) is 20.9. The Morgan fingerprint density at radius 3 is 2.58 bits per heavy atom. The van der Waals surface area contributed by atoms with Crippen LogP contribution in [-0.2, 0) is 11.3 Å². The van der Waals surface area contributed by atoms with Gasteiger partial charge in [0.15, 0.2) is 17.3 Å². The maximum absolute atomic E-state index is 13.2. The quantitative estimate of drug-likeness (QED) is 0.535. The van der Waals surface area contributed by atoms with E-state index in [1.807, 2.05) is 73.7 Å². The summed E-state index contributed by atoms with van der Waals surface area (Å²) in [5.74, 6) is 0.758. The molecule has 0 saturated carbocycles. The van der Waals surface area contributed by atoms with E-state index >= 15 is 0 Å². The summed E-state index contributed by atoms with van der Waals surface area (Å²) in [6.07, 6.45) is 0. The molecule has 1 atom stereocenters. The summed E-state index contributed by atoms with van der Waals surface area (Å²) in [6.45, 7) is 2.53. The number of fused-ring (bicyclic) bond motifs is 1. The molecule has 1 amide bonds. The molecule has 1 N–H and O–H groups in total. The van der Waals surface area contributed by atoms with Crippen LogP contribution in [0.3, 0.4) is 0 Å².